The van der Waals surface area contributed by atoms with Crippen LogP contribution in [0.1, 0.15) is 0 Å². The maximum Gasteiger partial charge on any atom is 0.261 e. The topological polar surface area (TPSA) is 80.3 Å². The Kier molecular flexibility index (Phi) is 4.21. The molecule has 2 aromatic carbocycles. The summed E-state index contributed by atoms with van der Waals surface area (Å²) in [6.07, 6.45) is 0.990. The van der Waals surface area contributed by atoms with Gasteiger partial charge in [0.1, 0.15) is 11.6 Å². The van der Waals surface area contributed by atoms with Crippen LogP contribution in [0.25, 0.3) is 0 Å². The summed E-state index contributed by atoms with van der Waals surface area (Å²) in [5.41, 5.74) is -0.273. The van der Waals surface area contributed by atoms with Crippen molar-refractivity contribution in [2.45, 2.75) is 9.79 Å². The molecular weight excluding hydrogens is 336 g/mol. The van der Waals surface area contributed by atoms with Crippen LogP contribution >= 0.6 is 0 Å². The van der Waals surface area contributed by atoms with Gasteiger partial charge in [0.25, 0.3) is 10.0 Å². The zero-order valence-corrected chi connectivity index (χ0v) is 12.9. The Morgan fingerprint density at radius 1 is 0.818 bits per heavy atom. The van der Waals surface area contributed by atoms with Gasteiger partial charge in [-0.1, -0.05) is 0 Å². The molecule has 0 saturated heterocycles. The lowest BCUT2D eigenvalue weighted by Gasteiger charge is -2.09. The van der Waals surface area contributed by atoms with E-state index in [-0.39, 0.29) is 15.5 Å². The van der Waals surface area contributed by atoms with Crippen molar-refractivity contribution in [1.82, 2.24) is 0 Å². The van der Waals surface area contributed by atoms with Crippen LogP contribution in [0.5, 0.6) is 0 Å². The summed E-state index contributed by atoms with van der Waals surface area (Å²) < 4.78 is 74.9. The van der Waals surface area contributed by atoms with Crippen LogP contribution in [0.2, 0.25) is 0 Å². The van der Waals surface area contributed by atoms with Crippen LogP contribution in [-0.2, 0) is 19.9 Å². The van der Waals surface area contributed by atoms with Crippen molar-refractivity contribution < 1.29 is 25.6 Å². The molecule has 0 unspecified atom stereocenters. The van der Waals surface area contributed by atoms with Crippen molar-refractivity contribution in [2.75, 3.05) is 11.0 Å². The van der Waals surface area contributed by atoms with E-state index < -0.39 is 31.5 Å². The van der Waals surface area contributed by atoms with Gasteiger partial charge in [0.2, 0.25) is 0 Å². The van der Waals surface area contributed by atoms with Crippen LogP contribution < -0.4 is 4.72 Å². The summed E-state index contributed by atoms with van der Waals surface area (Å²) in [6.45, 7) is 0. The highest BCUT2D eigenvalue weighted by molar-refractivity contribution is 7.92. The molecule has 0 aliphatic carbocycles. The number of hydrogen-bond donors (Lipinski definition) is 1. The molecule has 5 nitrogen and oxygen atoms in total. The first-order chi connectivity index (χ1) is 10.1. The minimum atomic E-state index is -4.09. The van der Waals surface area contributed by atoms with Gasteiger partial charge in [-0.2, -0.15) is 0 Å². The zero-order valence-electron chi connectivity index (χ0n) is 11.2. The minimum Gasteiger partial charge on any atom is -0.279 e. The van der Waals surface area contributed by atoms with Crippen molar-refractivity contribution >= 4 is 25.5 Å². The van der Waals surface area contributed by atoms with Gasteiger partial charge in [0.15, 0.2) is 9.84 Å². The number of hydrogen-bond acceptors (Lipinski definition) is 4. The van der Waals surface area contributed by atoms with Crippen molar-refractivity contribution in [2.24, 2.45) is 0 Å². The van der Waals surface area contributed by atoms with E-state index in [9.17, 15) is 25.6 Å². The number of sulfone groups is 1. The van der Waals surface area contributed by atoms with Crippen molar-refractivity contribution in [3.63, 3.8) is 0 Å². The molecule has 0 amide bonds. The number of anilines is 1. The number of nitrogens with one attached hydrogen (secondary N) is 1. The second-order valence-corrected chi connectivity index (χ2v) is 8.21. The summed E-state index contributed by atoms with van der Waals surface area (Å²) >= 11 is 0. The maximum atomic E-state index is 13.0. The summed E-state index contributed by atoms with van der Waals surface area (Å²) in [5, 5.41) is 0. The highest BCUT2D eigenvalue weighted by Gasteiger charge is 2.16. The van der Waals surface area contributed by atoms with Crippen LogP contribution in [0, 0.1) is 11.6 Å². The predicted molar refractivity (Wildman–Crippen MR) is 76.7 cm³/mol. The molecule has 2 rings (SSSR count). The molecule has 0 bridgehead atoms. The van der Waals surface area contributed by atoms with Gasteiger partial charge >= 0.3 is 0 Å². The SMILES string of the molecule is CS(=O)(=O)c1ccc(S(=O)(=O)Nc2cc(F)cc(F)c2)cc1. The first-order valence-corrected chi connectivity index (χ1v) is 9.24. The summed E-state index contributed by atoms with van der Waals surface area (Å²) in [5.74, 6) is -1.85. The van der Waals surface area contributed by atoms with E-state index in [0.29, 0.717) is 6.07 Å². The van der Waals surface area contributed by atoms with Gasteiger partial charge in [-0.15, -0.1) is 0 Å². The minimum absolute atomic E-state index is 0.0387. The summed E-state index contributed by atoms with van der Waals surface area (Å²) in [7, 11) is -7.54. The Hall–Kier alpha value is -2.00. The third-order valence-corrected chi connectivity index (χ3v) is 5.20. The third kappa shape index (κ3) is 3.80. The van der Waals surface area contributed by atoms with E-state index in [1.54, 1.807) is 0 Å². The van der Waals surface area contributed by atoms with Gasteiger partial charge in [-0.05, 0) is 36.4 Å². The molecule has 0 atom stereocenters. The van der Waals surface area contributed by atoms with E-state index in [4.69, 9.17) is 0 Å². The molecule has 22 heavy (non-hydrogen) atoms. The first kappa shape index (κ1) is 16.4. The lowest BCUT2D eigenvalue weighted by molar-refractivity contribution is 0.584. The van der Waals surface area contributed by atoms with E-state index in [1.165, 1.54) is 0 Å². The number of benzene rings is 2. The fourth-order valence-electron chi connectivity index (χ4n) is 1.69. The Balaban J connectivity index is 2.34. The average Bonchev–Trinajstić information content (AvgIpc) is 2.36. The van der Waals surface area contributed by atoms with Gasteiger partial charge in [-0.25, -0.2) is 25.6 Å². The quantitative estimate of drug-likeness (QED) is 0.919. The Bertz CT molecular complexity index is 887. The number of halogens is 2. The maximum absolute atomic E-state index is 13.0. The lowest BCUT2D eigenvalue weighted by atomic mass is 10.3. The molecule has 0 spiro atoms. The summed E-state index contributed by atoms with van der Waals surface area (Å²) in [6, 6.07) is 6.71. The van der Waals surface area contributed by atoms with Crippen LogP contribution in [-0.4, -0.2) is 23.1 Å². The molecule has 0 aliphatic heterocycles. The van der Waals surface area contributed by atoms with E-state index in [0.717, 1.165) is 42.7 Å². The molecule has 2 aromatic rings. The molecule has 118 valence electrons. The molecule has 0 fully saturated rings. The largest absolute Gasteiger partial charge is 0.279 e. The monoisotopic (exact) mass is 347 g/mol. The standard InChI is InChI=1S/C13H11F2NO4S2/c1-21(17,18)12-2-4-13(5-3-12)22(19,20)16-11-7-9(14)6-10(15)8-11/h2-8,16H,1H3. The molecule has 9 heteroatoms. The Morgan fingerprint density at radius 3 is 1.73 bits per heavy atom. The van der Waals surface area contributed by atoms with Gasteiger partial charge in [0.05, 0.1) is 15.5 Å². The molecule has 0 aliphatic rings. The molecule has 0 aromatic heterocycles. The van der Waals surface area contributed by atoms with Gasteiger partial charge in [0, 0.05) is 12.3 Å². The third-order valence-electron chi connectivity index (χ3n) is 2.68. The number of sulfonamides is 1. The second-order valence-electron chi connectivity index (χ2n) is 4.51. The number of rotatable bonds is 4. The fourth-order valence-corrected chi connectivity index (χ4v) is 3.36. The van der Waals surface area contributed by atoms with Crippen LogP contribution in [0.3, 0.4) is 0 Å². The predicted octanol–water partition coefficient (Wildman–Crippen LogP) is 2.17. The molecule has 0 radical (unpaired) electrons. The zero-order chi connectivity index (χ0) is 16.5. The lowest BCUT2D eigenvalue weighted by Crippen LogP contribution is -2.13. The second kappa shape index (κ2) is 5.65. The smallest absolute Gasteiger partial charge is 0.261 e. The molecule has 0 saturated carbocycles. The van der Waals surface area contributed by atoms with E-state index >= 15 is 0 Å². The van der Waals surface area contributed by atoms with Crippen molar-refractivity contribution in [3.05, 3.63) is 54.1 Å². The van der Waals surface area contributed by atoms with Crippen molar-refractivity contribution in [3.8, 4) is 0 Å². The first-order valence-electron chi connectivity index (χ1n) is 5.87. The fraction of sp³-hybridized carbons (Fsp3) is 0.0769. The van der Waals surface area contributed by atoms with Crippen LogP contribution in [0.15, 0.2) is 52.3 Å². The normalized spacial score (nSPS) is 12.1. The molecule has 0 heterocycles. The summed E-state index contributed by atoms with van der Waals surface area (Å²) in [4.78, 5) is -0.271. The average molecular weight is 347 g/mol. The highest BCUT2D eigenvalue weighted by Crippen LogP contribution is 2.20. The van der Waals surface area contributed by atoms with Gasteiger partial charge in [-0.3, -0.25) is 4.72 Å². The molecule has 1 N–H and O–H groups in total. The van der Waals surface area contributed by atoms with E-state index in [2.05, 4.69) is 0 Å². The van der Waals surface area contributed by atoms with Gasteiger partial charge < -0.3 is 0 Å². The highest BCUT2D eigenvalue weighted by atomic mass is 32.2. The van der Waals surface area contributed by atoms with Crippen molar-refractivity contribution in [1.29, 1.82) is 0 Å². The Labute approximate surface area is 126 Å². The molecular formula is C13H11F2NO4S2. The Morgan fingerprint density at radius 2 is 1.27 bits per heavy atom. The van der Waals surface area contributed by atoms with E-state index in [1.807, 2.05) is 4.72 Å². The van der Waals surface area contributed by atoms with Crippen LogP contribution in [0.4, 0.5) is 14.5 Å².